The lowest BCUT2D eigenvalue weighted by Crippen LogP contribution is -2.49. The molecule has 204 valence electrons. The van der Waals surface area contributed by atoms with Gasteiger partial charge in [-0.3, -0.25) is 14.9 Å². The molecule has 1 aliphatic rings. The van der Waals surface area contributed by atoms with Crippen LogP contribution in [0.25, 0.3) is 0 Å². The lowest BCUT2D eigenvalue weighted by molar-refractivity contribution is 0.0746. The van der Waals surface area contributed by atoms with E-state index in [9.17, 15) is 9.59 Å². The maximum Gasteiger partial charge on any atom is 0.257 e. The first-order valence-electron chi connectivity index (χ1n) is 13.1. The van der Waals surface area contributed by atoms with Crippen molar-refractivity contribution in [2.75, 3.05) is 43.0 Å². The summed E-state index contributed by atoms with van der Waals surface area (Å²) in [5, 5.41) is 6.46. The summed E-state index contributed by atoms with van der Waals surface area (Å²) in [6.07, 6.45) is 2.05. The van der Waals surface area contributed by atoms with Crippen molar-refractivity contribution in [3.8, 4) is 5.75 Å². The molecule has 7 nitrogen and oxygen atoms in total. The van der Waals surface area contributed by atoms with Crippen LogP contribution in [0.1, 0.15) is 46.0 Å². The minimum absolute atomic E-state index is 0.0604. The second kappa shape index (κ2) is 13.4. The molecule has 2 N–H and O–H groups in total. The van der Waals surface area contributed by atoms with Crippen molar-refractivity contribution in [1.82, 2.24) is 10.2 Å². The highest BCUT2D eigenvalue weighted by molar-refractivity contribution is 7.80. The number of unbranched alkanes of at least 4 members (excludes halogenated alkanes) is 1. The number of aryl methyl sites for hydroxylation is 1. The fourth-order valence-electron chi connectivity index (χ4n) is 4.35. The van der Waals surface area contributed by atoms with Gasteiger partial charge in [0.1, 0.15) is 5.75 Å². The second-order valence-electron chi connectivity index (χ2n) is 9.40. The third-order valence-electron chi connectivity index (χ3n) is 6.60. The van der Waals surface area contributed by atoms with Crippen molar-refractivity contribution in [2.45, 2.75) is 26.7 Å². The van der Waals surface area contributed by atoms with Gasteiger partial charge in [-0.05, 0) is 79.7 Å². The Hall–Kier alpha value is -3.62. The summed E-state index contributed by atoms with van der Waals surface area (Å²) in [5.74, 6) is 0.480. The smallest absolute Gasteiger partial charge is 0.257 e. The highest BCUT2D eigenvalue weighted by Crippen LogP contribution is 2.30. The van der Waals surface area contributed by atoms with E-state index in [1.807, 2.05) is 48.2 Å². The van der Waals surface area contributed by atoms with Gasteiger partial charge in [0, 0.05) is 43.0 Å². The van der Waals surface area contributed by atoms with Gasteiger partial charge in [-0.25, -0.2) is 0 Å². The number of anilines is 2. The van der Waals surface area contributed by atoms with Crippen molar-refractivity contribution in [2.24, 2.45) is 0 Å². The second-order valence-corrected chi connectivity index (χ2v) is 10.2. The predicted molar refractivity (Wildman–Crippen MR) is 161 cm³/mol. The molecule has 1 heterocycles. The van der Waals surface area contributed by atoms with E-state index in [4.69, 9.17) is 28.6 Å². The molecule has 2 amide bonds. The number of amides is 2. The quantitative estimate of drug-likeness (QED) is 0.261. The summed E-state index contributed by atoms with van der Waals surface area (Å²) in [5.41, 5.74) is 3.77. The zero-order valence-electron chi connectivity index (χ0n) is 22.2. The SMILES string of the molecule is CCCCOc1ccc(C(=O)NC(=S)Nc2ccc(N3CCN(C(=O)c4ccccc4C)CC3)c(Cl)c2)cc1. The third kappa shape index (κ3) is 7.49. The topological polar surface area (TPSA) is 73.9 Å². The van der Waals surface area contributed by atoms with Crippen LogP contribution >= 0.6 is 23.8 Å². The Morgan fingerprint density at radius 1 is 1.00 bits per heavy atom. The van der Waals surface area contributed by atoms with Crippen molar-refractivity contribution >= 4 is 52.1 Å². The Morgan fingerprint density at radius 3 is 2.38 bits per heavy atom. The van der Waals surface area contributed by atoms with E-state index in [-0.39, 0.29) is 16.9 Å². The maximum atomic E-state index is 12.9. The van der Waals surface area contributed by atoms with E-state index < -0.39 is 0 Å². The monoisotopic (exact) mass is 564 g/mol. The molecule has 0 atom stereocenters. The molecule has 0 radical (unpaired) electrons. The van der Waals surface area contributed by atoms with Crippen LogP contribution in [0.4, 0.5) is 11.4 Å². The molecule has 0 spiro atoms. The van der Waals surface area contributed by atoms with Crippen LogP contribution in [0.3, 0.4) is 0 Å². The van der Waals surface area contributed by atoms with E-state index in [2.05, 4.69) is 22.5 Å². The van der Waals surface area contributed by atoms with E-state index in [1.54, 1.807) is 30.3 Å². The zero-order valence-corrected chi connectivity index (χ0v) is 23.8. The number of nitrogens with zero attached hydrogens (tertiary/aromatic N) is 2. The normalized spacial score (nSPS) is 13.1. The molecule has 39 heavy (non-hydrogen) atoms. The van der Waals surface area contributed by atoms with Crippen molar-refractivity contribution in [3.63, 3.8) is 0 Å². The number of benzene rings is 3. The molecular weight excluding hydrogens is 532 g/mol. The van der Waals surface area contributed by atoms with Crippen LogP contribution in [0.2, 0.25) is 5.02 Å². The van der Waals surface area contributed by atoms with Crippen LogP contribution in [0, 0.1) is 6.92 Å². The Kier molecular flexibility index (Phi) is 9.79. The Balaban J connectivity index is 1.28. The Morgan fingerprint density at radius 2 is 1.72 bits per heavy atom. The van der Waals surface area contributed by atoms with E-state index in [0.29, 0.717) is 49.1 Å². The molecule has 1 aliphatic heterocycles. The molecular formula is C30H33ClN4O3S. The summed E-state index contributed by atoms with van der Waals surface area (Å²) in [7, 11) is 0. The van der Waals surface area contributed by atoms with Gasteiger partial charge >= 0.3 is 0 Å². The molecule has 0 saturated carbocycles. The van der Waals surface area contributed by atoms with Gasteiger partial charge in [-0.15, -0.1) is 0 Å². The summed E-state index contributed by atoms with van der Waals surface area (Å²) >= 11 is 12.0. The standard InChI is InChI=1S/C30H33ClN4O3S/c1-3-4-19-38-24-12-9-22(10-13-24)28(36)33-30(39)32-23-11-14-27(26(31)20-23)34-15-17-35(18-16-34)29(37)25-8-6-5-7-21(25)2/h5-14,20H,3-4,15-19H2,1-2H3,(H2,32,33,36,39). The summed E-state index contributed by atoms with van der Waals surface area (Å²) in [6.45, 7) is 7.31. The molecule has 3 aromatic carbocycles. The largest absolute Gasteiger partial charge is 0.494 e. The highest BCUT2D eigenvalue weighted by Gasteiger charge is 2.24. The first-order valence-corrected chi connectivity index (χ1v) is 13.9. The summed E-state index contributed by atoms with van der Waals surface area (Å²) in [4.78, 5) is 29.6. The molecule has 0 aromatic heterocycles. The van der Waals surface area contributed by atoms with Gasteiger partial charge in [0.2, 0.25) is 0 Å². The summed E-state index contributed by atoms with van der Waals surface area (Å²) < 4.78 is 5.64. The number of halogens is 1. The summed E-state index contributed by atoms with van der Waals surface area (Å²) in [6, 6.07) is 20.2. The van der Waals surface area contributed by atoms with Gasteiger partial charge in [0.05, 0.1) is 17.3 Å². The predicted octanol–water partition coefficient (Wildman–Crippen LogP) is 5.92. The number of carbonyl (C=O) groups excluding carboxylic acids is 2. The van der Waals surface area contributed by atoms with Gasteiger partial charge < -0.3 is 19.9 Å². The van der Waals surface area contributed by atoms with Gasteiger partial charge in [0.15, 0.2) is 5.11 Å². The number of thiocarbonyl (C=S) groups is 1. The van der Waals surface area contributed by atoms with Crippen LogP contribution in [-0.4, -0.2) is 54.6 Å². The molecule has 0 aliphatic carbocycles. The van der Waals surface area contributed by atoms with Crippen molar-refractivity contribution in [1.29, 1.82) is 0 Å². The van der Waals surface area contributed by atoms with Gasteiger partial charge in [0.25, 0.3) is 11.8 Å². The molecule has 0 unspecified atom stereocenters. The lowest BCUT2D eigenvalue weighted by atomic mass is 10.1. The maximum absolute atomic E-state index is 12.9. The number of hydrogen-bond donors (Lipinski definition) is 2. The average Bonchev–Trinajstić information content (AvgIpc) is 2.93. The Labute approximate surface area is 240 Å². The third-order valence-corrected chi connectivity index (χ3v) is 7.11. The molecule has 0 bridgehead atoms. The van der Waals surface area contributed by atoms with Crippen molar-refractivity contribution in [3.05, 3.63) is 88.4 Å². The zero-order chi connectivity index (χ0) is 27.8. The number of nitrogens with one attached hydrogen (secondary N) is 2. The number of rotatable bonds is 8. The molecule has 3 aromatic rings. The lowest BCUT2D eigenvalue weighted by Gasteiger charge is -2.36. The molecule has 9 heteroatoms. The van der Waals surface area contributed by atoms with Crippen LogP contribution in [0.15, 0.2) is 66.7 Å². The van der Waals surface area contributed by atoms with Crippen LogP contribution in [0.5, 0.6) is 5.75 Å². The number of ether oxygens (including phenoxy) is 1. The number of carbonyl (C=O) groups is 2. The van der Waals surface area contributed by atoms with E-state index in [0.717, 1.165) is 35.4 Å². The number of piperazine rings is 1. The highest BCUT2D eigenvalue weighted by atomic mass is 35.5. The Bertz CT molecular complexity index is 1320. The minimum atomic E-state index is -0.312. The van der Waals surface area contributed by atoms with E-state index in [1.165, 1.54) is 0 Å². The fraction of sp³-hybridized carbons (Fsp3) is 0.300. The molecule has 4 rings (SSSR count). The van der Waals surface area contributed by atoms with Gasteiger partial charge in [-0.2, -0.15) is 0 Å². The van der Waals surface area contributed by atoms with Crippen molar-refractivity contribution < 1.29 is 14.3 Å². The molecule has 1 fully saturated rings. The number of hydrogen-bond acceptors (Lipinski definition) is 5. The minimum Gasteiger partial charge on any atom is -0.494 e. The first-order chi connectivity index (χ1) is 18.9. The molecule has 1 saturated heterocycles. The van der Waals surface area contributed by atoms with Crippen LogP contribution in [-0.2, 0) is 0 Å². The average molecular weight is 565 g/mol. The fourth-order valence-corrected chi connectivity index (χ4v) is 4.86. The van der Waals surface area contributed by atoms with Gasteiger partial charge in [-0.1, -0.05) is 43.1 Å². The first kappa shape index (κ1) is 28.4. The van der Waals surface area contributed by atoms with Crippen LogP contribution < -0.4 is 20.3 Å². The van der Waals surface area contributed by atoms with E-state index >= 15 is 0 Å².